The number of benzene rings is 1. The normalized spacial score (nSPS) is 13.1. The molecule has 0 amide bonds. The molecule has 0 aliphatic rings. The lowest BCUT2D eigenvalue weighted by atomic mass is 10.0. The molecule has 0 bridgehead atoms. The highest BCUT2D eigenvalue weighted by Gasteiger charge is 2.30. The molecule has 0 saturated heterocycles. The highest BCUT2D eigenvalue weighted by Crippen LogP contribution is 2.30. The summed E-state index contributed by atoms with van der Waals surface area (Å²) >= 11 is 3.28. The molecular weight excluding hydrogens is 353 g/mol. The van der Waals surface area contributed by atoms with Crippen molar-refractivity contribution in [3.05, 3.63) is 28.2 Å². The van der Waals surface area contributed by atoms with Crippen LogP contribution in [0.4, 0.5) is 4.39 Å². The van der Waals surface area contributed by atoms with Crippen LogP contribution < -0.4 is 10.5 Å². The summed E-state index contributed by atoms with van der Waals surface area (Å²) in [6.07, 6.45) is -1.92. The molecule has 20 heavy (non-hydrogen) atoms. The summed E-state index contributed by atoms with van der Waals surface area (Å²) in [5.74, 6) is -0.498. The third-order valence-corrected chi connectivity index (χ3v) is 2.95. The average Bonchev–Trinajstić information content (AvgIpc) is 2.39. The first-order valence-corrected chi connectivity index (χ1v) is 6.79. The average molecular weight is 371 g/mol. The van der Waals surface area contributed by atoms with E-state index in [-0.39, 0.29) is 19.0 Å². The molecule has 1 rings (SSSR count). The topological polar surface area (TPSA) is 61.5 Å². The molecule has 0 aliphatic carbocycles. The van der Waals surface area contributed by atoms with Gasteiger partial charge in [-0.05, 0) is 32.0 Å². The third-order valence-electron chi connectivity index (χ3n) is 2.46. The van der Waals surface area contributed by atoms with Crippen LogP contribution in [0.15, 0.2) is 22.7 Å². The minimum absolute atomic E-state index is 0. The van der Waals surface area contributed by atoms with Gasteiger partial charge in [-0.25, -0.2) is 9.18 Å². The van der Waals surface area contributed by atoms with Crippen molar-refractivity contribution in [2.24, 2.45) is 5.73 Å². The van der Waals surface area contributed by atoms with Crippen LogP contribution in [-0.2, 0) is 9.53 Å². The van der Waals surface area contributed by atoms with Crippen molar-refractivity contribution in [2.45, 2.75) is 26.1 Å². The van der Waals surface area contributed by atoms with Gasteiger partial charge in [0.25, 0.3) is 0 Å². The van der Waals surface area contributed by atoms with Gasteiger partial charge in [0.2, 0.25) is 6.17 Å². The Balaban J connectivity index is 0.00000361. The summed E-state index contributed by atoms with van der Waals surface area (Å²) < 4.78 is 24.7. The lowest BCUT2D eigenvalue weighted by Gasteiger charge is -2.19. The van der Waals surface area contributed by atoms with E-state index >= 15 is 0 Å². The maximum Gasteiger partial charge on any atom is 0.342 e. The Labute approximate surface area is 132 Å². The Morgan fingerprint density at radius 2 is 2.05 bits per heavy atom. The van der Waals surface area contributed by atoms with Crippen molar-refractivity contribution in [1.29, 1.82) is 0 Å². The Morgan fingerprint density at radius 1 is 1.40 bits per heavy atom. The van der Waals surface area contributed by atoms with E-state index in [0.29, 0.717) is 17.9 Å². The molecule has 0 fully saturated rings. The fraction of sp³-hybridized carbons (Fsp3) is 0.462. The largest absolute Gasteiger partial charge is 0.494 e. The monoisotopic (exact) mass is 369 g/mol. The highest BCUT2D eigenvalue weighted by atomic mass is 79.9. The second kappa shape index (κ2) is 9.15. The molecule has 0 spiro atoms. The van der Waals surface area contributed by atoms with Gasteiger partial charge < -0.3 is 15.2 Å². The molecule has 1 aromatic carbocycles. The Kier molecular flexibility index (Phi) is 8.76. The van der Waals surface area contributed by atoms with Gasteiger partial charge in [-0.3, -0.25) is 0 Å². The van der Waals surface area contributed by atoms with Gasteiger partial charge in [0.15, 0.2) is 0 Å². The number of hydrogen-bond donors (Lipinski definition) is 1. The zero-order valence-electron chi connectivity index (χ0n) is 11.3. The fourth-order valence-corrected chi connectivity index (χ4v) is 1.97. The van der Waals surface area contributed by atoms with Crippen LogP contribution in [0.5, 0.6) is 5.75 Å². The summed E-state index contributed by atoms with van der Waals surface area (Å²) in [5.41, 5.74) is 6.22. The fourth-order valence-electron chi connectivity index (χ4n) is 1.59. The highest BCUT2D eigenvalue weighted by molar-refractivity contribution is 9.10. The molecule has 0 aromatic heterocycles. The van der Waals surface area contributed by atoms with Crippen LogP contribution in [0.25, 0.3) is 0 Å². The smallest absolute Gasteiger partial charge is 0.342 e. The van der Waals surface area contributed by atoms with Crippen molar-refractivity contribution in [2.75, 3.05) is 13.2 Å². The van der Waals surface area contributed by atoms with Crippen molar-refractivity contribution < 1.29 is 18.7 Å². The van der Waals surface area contributed by atoms with Crippen LogP contribution >= 0.6 is 28.3 Å². The van der Waals surface area contributed by atoms with Crippen LogP contribution in [0, 0.1) is 0 Å². The number of carbonyl (C=O) groups excluding carboxylic acids is 1. The molecule has 0 saturated carbocycles. The van der Waals surface area contributed by atoms with Gasteiger partial charge in [0.05, 0.1) is 19.3 Å². The van der Waals surface area contributed by atoms with Gasteiger partial charge in [0.1, 0.15) is 5.75 Å². The Hall–Kier alpha value is -0.850. The van der Waals surface area contributed by atoms with Crippen molar-refractivity contribution >= 4 is 34.3 Å². The summed E-state index contributed by atoms with van der Waals surface area (Å²) in [6.45, 7) is 3.97. The van der Waals surface area contributed by atoms with Gasteiger partial charge >= 0.3 is 5.97 Å². The first-order valence-electron chi connectivity index (χ1n) is 5.99. The molecule has 1 aromatic rings. The Morgan fingerprint density at radius 3 is 2.60 bits per heavy atom. The van der Waals surface area contributed by atoms with Crippen LogP contribution in [0.3, 0.4) is 0 Å². The summed E-state index contributed by atoms with van der Waals surface area (Å²) in [6, 6.07) is 3.96. The molecule has 114 valence electrons. The molecule has 0 heterocycles. The van der Waals surface area contributed by atoms with Crippen molar-refractivity contribution in [1.82, 2.24) is 0 Å². The minimum Gasteiger partial charge on any atom is -0.494 e. The molecule has 0 aliphatic heterocycles. The van der Waals surface area contributed by atoms with E-state index in [1.165, 1.54) is 0 Å². The van der Waals surface area contributed by atoms with E-state index < -0.39 is 18.2 Å². The lowest BCUT2D eigenvalue weighted by molar-refractivity contribution is -0.149. The maximum atomic E-state index is 13.9. The summed E-state index contributed by atoms with van der Waals surface area (Å²) in [7, 11) is 0. The lowest BCUT2D eigenvalue weighted by Crippen LogP contribution is -2.31. The second-order valence-electron chi connectivity index (χ2n) is 3.79. The van der Waals surface area contributed by atoms with Crippen LogP contribution in [0.2, 0.25) is 0 Å². The maximum absolute atomic E-state index is 13.9. The van der Waals surface area contributed by atoms with E-state index in [1.54, 1.807) is 25.1 Å². The zero-order chi connectivity index (χ0) is 14.4. The quantitative estimate of drug-likeness (QED) is 0.781. The molecule has 4 nitrogen and oxygen atoms in total. The first-order chi connectivity index (χ1) is 9.01. The molecular formula is C13H18BrClFNO3. The predicted octanol–water partition coefficient (Wildman–Crippen LogP) is 3.17. The number of carbonyl (C=O) groups is 1. The second-order valence-corrected chi connectivity index (χ2v) is 4.71. The van der Waals surface area contributed by atoms with E-state index in [1.807, 2.05) is 6.92 Å². The number of ether oxygens (including phenoxy) is 2. The third kappa shape index (κ3) is 4.92. The molecule has 0 radical (unpaired) electrons. The molecule has 1 unspecified atom stereocenters. The van der Waals surface area contributed by atoms with Crippen molar-refractivity contribution in [3.8, 4) is 5.75 Å². The van der Waals surface area contributed by atoms with Gasteiger partial charge in [-0.2, -0.15) is 0 Å². The van der Waals surface area contributed by atoms with E-state index in [9.17, 15) is 9.18 Å². The standard InChI is InChI=1S/C13H17BrFNO3.ClH/c1-3-18-10-6-5-8(14)7-9(10)12(16)11(15)13(17)19-4-2;/h5-7,11-12H,3-4,16H2,1-2H3;1H/t11?,12-;/m0./s1. The SMILES string of the molecule is CCOC(=O)C(F)[C@@H](N)c1cc(Br)ccc1OCC.Cl. The number of halogens is 3. The summed E-state index contributed by atoms with van der Waals surface area (Å²) in [5, 5.41) is 0. The van der Waals surface area contributed by atoms with Crippen molar-refractivity contribution in [3.63, 3.8) is 0 Å². The number of rotatable bonds is 6. The van der Waals surface area contributed by atoms with Gasteiger partial charge in [-0.15, -0.1) is 12.4 Å². The number of nitrogens with two attached hydrogens (primary N) is 1. The number of hydrogen-bond acceptors (Lipinski definition) is 4. The molecule has 2 N–H and O–H groups in total. The van der Waals surface area contributed by atoms with E-state index in [4.69, 9.17) is 10.5 Å². The minimum atomic E-state index is -1.92. The number of alkyl halides is 1. The molecule has 7 heteroatoms. The zero-order valence-corrected chi connectivity index (χ0v) is 13.7. The summed E-state index contributed by atoms with van der Waals surface area (Å²) in [4.78, 5) is 11.4. The van der Waals surface area contributed by atoms with Crippen LogP contribution in [0.1, 0.15) is 25.5 Å². The van der Waals surface area contributed by atoms with E-state index in [0.717, 1.165) is 4.47 Å². The van der Waals surface area contributed by atoms with E-state index in [2.05, 4.69) is 20.7 Å². The number of esters is 1. The first kappa shape index (κ1) is 19.1. The Bertz CT molecular complexity index is 448. The predicted molar refractivity (Wildman–Crippen MR) is 81.0 cm³/mol. The molecule has 2 atom stereocenters. The van der Waals surface area contributed by atoms with Gasteiger partial charge in [-0.1, -0.05) is 15.9 Å². The van der Waals surface area contributed by atoms with Crippen LogP contribution in [-0.4, -0.2) is 25.4 Å². The van der Waals surface area contributed by atoms with Gasteiger partial charge in [0, 0.05) is 10.0 Å².